The molecule has 0 aromatic carbocycles. The van der Waals surface area contributed by atoms with Gasteiger partial charge in [0.2, 0.25) is 0 Å². The van der Waals surface area contributed by atoms with Crippen LogP contribution in [0.5, 0.6) is 0 Å². The van der Waals surface area contributed by atoms with Crippen molar-refractivity contribution in [2.75, 3.05) is 12.8 Å². The highest BCUT2D eigenvalue weighted by Crippen LogP contribution is 1.83. The summed E-state index contributed by atoms with van der Waals surface area (Å²) < 4.78 is 0. The maximum atomic E-state index is 4.05. The van der Waals surface area contributed by atoms with Gasteiger partial charge in [0.1, 0.15) is 0 Å². The highest BCUT2D eigenvalue weighted by Gasteiger charge is 1.68. The molecule has 0 fully saturated rings. The van der Waals surface area contributed by atoms with E-state index >= 15 is 0 Å². The lowest BCUT2D eigenvalue weighted by Gasteiger charge is -1.80. The second-order valence-corrected chi connectivity index (χ2v) is 1.93. The van der Waals surface area contributed by atoms with E-state index < -0.39 is 0 Å². The maximum Gasteiger partial charge on any atom is 0.0538 e. The van der Waals surface area contributed by atoms with Crippen molar-refractivity contribution in [2.24, 2.45) is 4.99 Å². The fourth-order valence-electron chi connectivity index (χ4n) is 0.256. The molecular weight excluding hydrogens is 106 g/mol. The van der Waals surface area contributed by atoms with Crippen LogP contribution in [0.1, 0.15) is 13.3 Å². The molecule has 0 atom stereocenters. The summed E-state index contributed by atoms with van der Waals surface area (Å²) in [6, 6.07) is 0. The van der Waals surface area contributed by atoms with E-state index in [2.05, 4.69) is 11.9 Å². The Morgan fingerprint density at radius 2 is 2.43 bits per heavy atom. The molecule has 0 N–H and O–H groups in total. The van der Waals surface area contributed by atoms with E-state index in [-0.39, 0.29) is 0 Å². The van der Waals surface area contributed by atoms with E-state index in [4.69, 9.17) is 0 Å². The van der Waals surface area contributed by atoms with Crippen molar-refractivity contribution in [1.29, 1.82) is 0 Å². The Labute approximate surface area is 49.2 Å². The fraction of sp³-hybridized carbons (Fsp3) is 0.800. The molecule has 0 spiro atoms. The molecule has 0 saturated heterocycles. The lowest BCUT2D eigenvalue weighted by atomic mass is 10.5. The van der Waals surface area contributed by atoms with Gasteiger partial charge in [0.15, 0.2) is 0 Å². The normalized spacial score (nSPS) is 10.6. The van der Waals surface area contributed by atoms with Crippen LogP contribution in [0.25, 0.3) is 0 Å². The van der Waals surface area contributed by atoms with Crippen LogP contribution in [0, 0.1) is 0 Å². The molecule has 0 aliphatic rings. The summed E-state index contributed by atoms with van der Waals surface area (Å²) >= 11 is 1.65. The van der Waals surface area contributed by atoms with Gasteiger partial charge in [-0.15, -0.1) is 11.8 Å². The zero-order valence-corrected chi connectivity index (χ0v) is 5.66. The number of hydrogen-bond donors (Lipinski definition) is 0. The molecule has 0 unspecified atom stereocenters. The van der Waals surface area contributed by atoms with Crippen LogP contribution in [0.2, 0.25) is 0 Å². The average Bonchev–Trinajstić information content (AvgIpc) is 1.69. The minimum absolute atomic E-state index is 0.973. The molecule has 2 heteroatoms. The van der Waals surface area contributed by atoms with E-state index in [9.17, 15) is 0 Å². The van der Waals surface area contributed by atoms with Crippen LogP contribution in [0.15, 0.2) is 4.99 Å². The second kappa shape index (κ2) is 6.02. The van der Waals surface area contributed by atoms with E-state index in [1.165, 1.54) is 0 Å². The van der Waals surface area contributed by atoms with Crippen LogP contribution >= 0.6 is 11.8 Å². The summed E-state index contributed by atoms with van der Waals surface area (Å²) in [6.45, 7) is 3.10. The smallest absolute Gasteiger partial charge is 0.0538 e. The standard InChI is InChI=1S/C5H11NS/c1-3-4-6-5-7-2/h5H,3-4H2,1-2H3. The summed E-state index contributed by atoms with van der Waals surface area (Å²) in [5.41, 5.74) is 1.88. The quantitative estimate of drug-likeness (QED) is 0.405. The molecule has 0 radical (unpaired) electrons. The van der Waals surface area contributed by atoms with Crippen LogP contribution < -0.4 is 0 Å². The Hall–Kier alpha value is 0.0200. The maximum absolute atomic E-state index is 4.05. The molecule has 0 heterocycles. The van der Waals surface area contributed by atoms with Crippen LogP contribution in [-0.2, 0) is 0 Å². The molecule has 0 aromatic rings. The predicted molar refractivity (Wildman–Crippen MR) is 37.2 cm³/mol. The highest BCUT2D eigenvalue weighted by atomic mass is 32.2. The lowest BCUT2D eigenvalue weighted by molar-refractivity contribution is 0.939. The monoisotopic (exact) mass is 117 g/mol. The van der Waals surface area contributed by atoms with E-state index in [0.717, 1.165) is 13.0 Å². The second-order valence-electron chi connectivity index (χ2n) is 1.25. The van der Waals surface area contributed by atoms with E-state index in [0.29, 0.717) is 0 Å². The van der Waals surface area contributed by atoms with Gasteiger partial charge in [-0.25, -0.2) is 0 Å². The summed E-state index contributed by atoms with van der Waals surface area (Å²) in [5.74, 6) is 0. The van der Waals surface area contributed by atoms with Gasteiger partial charge in [-0.05, 0) is 12.7 Å². The van der Waals surface area contributed by atoms with Crippen molar-refractivity contribution in [3.63, 3.8) is 0 Å². The molecule has 1 nitrogen and oxygen atoms in total. The van der Waals surface area contributed by atoms with Crippen LogP contribution in [0.3, 0.4) is 0 Å². The molecular formula is C5H11NS. The number of thioether (sulfide) groups is 1. The third-order valence-corrected chi connectivity index (χ3v) is 0.893. The van der Waals surface area contributed by atoms with Crippen LogP contribution in [0.4, 0.5) is 0 Å². The molecule has 0 saturated carbocycles. The Kier molecular flexibility index (Phi) is 6.04. The van der Waals surface area contributed by atoms with Gasteiger partial charge in [-0.3, -0.25) is 4.99 Å². The molecule has 0 amide bonds. The van der Waals surface area contributed by atoms with Gasteiger partial charge in [0, 0.05) is 6.54 Å². The molecule has 0 aliphatic carbocycles. The van der Waals surface area contributed by atoms with Gasteiger partial charge >= 0.3 is 0 Å². The predicted octanol–water partition coefficient (Wildman–Crippen LogP) is 1.79. The summed E-state index contributed by atoms with van der Waals surface area (Å²) in [5, 5.41) is 0. The van der Waals surface area contributed by atoms with Crippen molar-refractivity contribution in [3.05, 3.63) is 0 Å². The van der Waals surface area contributed by atoms with Crippen molar-refractivity contribution in [2.45, 2.75) is 13.3 Å². The van der Waals surface area contributed by atoms with Gasteiger partial charge < -0.3 is 0 Å². The Balaban J connectivity index is 2.78. The Bertz CT molecular complexity index is 52.0. The number of nitrogens with zero attached hydrogens (tertiary/aromatic N) is 1. The molecule has 0 aliphatic heterocycles. The minimum atomic E-state index is 0.973. The highest BCUT2D eigenvalue weighted by molar-refractivity contribution is 8.11. The lowest BCUT2D eigenvalue weighted by Crippen LogP contribution is -1.72. The first kappa shape index (κ1) is 7.02. The van der Waals surface area contributed by atoms with Gasteiger partial charge in [0.25, 0.3) is 0 Å². The average molecular weight is 117 g/mol. The zero-order chi connectivity index (χ0) is 5.54. The fourth-order valence-corrected chi connectivity index (χ4v) is 0.511. The minimum Gasteiger partial charge on any atom is -0.286 e. The summed E-state index contributed by atoms with van der Waals surface area (Å²) in [4.78, 5) is 4.05. The van der Waals surface area contributed by atoms with Crippen molar-refractivity contribution >= 4 is 17.3 Å². The number of rotatable bonds is 3. The molecule has 42 valence electrons. The van der Waals surface area contributed by atoms with Crippen molar-refractivity contribution in [1.82, 2.24) is 0 Å². The largest absolute Gasteiger partial charge is 0.286 e. The first-order valence-corrected chi connectivity index (χ1v) is 3.71. The number of aliphatic imine (C=N–C) groups is 1. The van der Waals surface area contributed by atoms with Gasteiger partial charge in [-0.2, -0.15) is 0 Å². The third kappa shape index (κ3) is 6.02. The van der Waals surface area contributed by atoms with Gasteiger partial charge in [0.05, 0.1) is 5.55 Å². The van der Waals surface area contributed by atoms with Gasteiger partial charge in [-0.1, -0.05) is 6.92 Å². The van der Waals surface area contributed by atoms with Crippen molar-refractivity contribution in [3.8, 4) is 0 Å². The third-order valence-electron chi connectivity index (χ3n) is 0.533. The summed E-state index contributed by atoms with van der Waals surface area (Å²) in [7, 11) is 0. The number of hydrogen-bond acceptors (Lipinski definition) is 2. The SMILES string of the molecule is CCCN=CSC. The molecule has 0 aromatic heterocycles. The zero-order valence-electron chi connectivity index (χ0n) is 4.85. The van der Waals surface area contributed by atoms with E-state index in [1.807, 2.05) is 11.8 Å². The molecule has 0 rings (SSSR count). The first-order valence-electron chi connectivity index (χ1n) is 2.43. The Morgan fingerprint density at radius 1 is 1.71 bits per heavy atom. The topological polar surface area (TPSA) is 12.4 Å². The van der Waals surface area contributed by atoms with Crippen LogP contribution in [-0.4, -0.2) is 18.3 Å². The van der Waals surface area contributed by atoms with Crippen molar-refractivity contribution < 1.29 is 0 Å². The first-order chi connectivity index (χ1) is 3.41. The van der Waals surface area contributed by atoms with E-state index in [1.54, 1.807) is 11.8 Å². The summed E-state index contributed by atoms with van der Waals surface area (Å²) in [6.07, 6.45) is 3.16. The Morgan fingerprint density at radius 3 is 2.86 bits per heavy atom. The molecule has 0 bridgehead atoms. The molecule has 7 heavy (non-hydrogen) atoms.